The van der Waals surface area contributed by atoms with E-state index in [-0.39, 0.29) is 5.04 Å². The predicted molar refractivity (Wildman–Crippen MR) is 125 cm³/mol. The van der Waals surface area contributed by atoms with E-state index in [1.165, 1.54) is 22.1 Å². The number of pyridine rings is 1. The van der Waals surface area contributed by atoms with Crippen LogP contribution in [0, 0.1) is 11.1 Å². The molecule has 3 nitrogen and oxygen atoms in total. The van der Waals surface area contributed by atoms with Crippen LogP contribution in [0.15, 0.2) is 72.9 Å². The lowest BCUT2D eigenvalue weighted by Crippen LogP contribution is -2.66. The second-order valence-corrected chi connectivity index (χ2v) is 13.8. The van der Waals surface area contributed by atoms with Crippen LogP contribution in [0.25, 0.3) is 0 Å². The van der Waals surface area contributed by atoms with Crippen molar-refractivity contribution in [2.45, 2.75) is 38.7 Å². The highest BCUT2D eigenvalue weighted by atomic mass is 35.5. The van der Waals surface area contributed by atoms with E-state index in [2.05, 4.69) is 81.4 Å². The SMILES string of the molecule is CC(C)(C)[Si](OCC1Cc2cc[n+]([O-])c(Cl)c2C1)(c1ccccc1)c1ccccc1. The number of halogens is 1. The van der Waals surface area contributed by atoms with E-state index in [1.807, 2.05) is 6.07 Å². The van der Waals surface area contributed by atoms with Gasteiger partial charge in [0.05, 0.1) is 0 Å². The molecule has 0 aliphatic heterocycles. The molecule has 4 rings (SSSR count). The van der Waals surface area contributed by atoms with Crippen LogP contribution in [0.2, 0.25) is 10.2 Å². The number of fused-ring (bicyclic) bond motifs is 1. The smallest absolute Gasteiger partial charge is 0.289 e. The molecule has 0 radical (unpaired) electrons. The van der Waals surface area contributed by atoms with E-state index in [9.17, 15) is 5.21 Å². The quantitative estimate of drug-likeness (QED) is 0.259. The first-order chi connectivity index (χ1) is 14.3. The monoisotopic (exact) mass is 437 g/mol. The lowest BCUT2D eigenvalue weighted by molar-refractivity contribution is -0.603. The van der Waals surface area contributed by atoms with Crippen molar-refractivity contribution in [3.8, 4) is 0 Å². The molecule has 30 heavy (non-hydrogen) atoms. The number of benzene rings is 2. The second-order valence-electron chi connectivity index (χ2n) is 9.18. The molecular formula is C25H28ClNO2Si. The molecule has 1 aromatic heterocycles. The lowest BCUT2D eigenvalue weighted by Gasteiger charge is -2.43. The normalized spacial score (nSPS) is 16.5. The van der Waals surface area contributed by atoms with E-state index >= 15 is 0 Å². The fourth-order valence-corrected chi connectivity index (χ4v) is 9.69. The van der Waals surface area contributed by atoms with Gasteiger partial charge in [-0.05, 0) is 51.3 Å². The molecule has 3 aromatic rings. The van der Waals surface area contributed by atoms with Gasteiger partial charge in [0.15, 0.2) is 6.20 Å². The van der Waals surface area contributed by atoms with Crippen LogP contribution in [0.1, 0.15) is 31.9 Å². The summed E-state index contributed by atoms with van der Waals surface area (Å²) in [5.74, 6) is 0.321. The van der Waals surface area contributed by atoms with Crippen LogP contribution in [-0.4, -0.2) is 14.9 Å². The van der Waals surface area contributed by atoms with E-state index in [1.54, 1.807) is 0 Å². The van der Waals surface area contributed by atoms with Crippen molar-refractivity contribution >= 4 is 30.3 Å². The summed E-state index contributed by atoms with van der Waals surface area (Å²) < 4.78 is 7.82. The highest BCUT2D eigenvalue weighted by Crippen LogP contribution is 2.38. The van der Waals surface area contributed by atoms with Gasteiger partial charge in [-0.15, -0.1) is 0 Å². The Hall–Kier alpha value is -2.14. The Morgan fingerprint density at radius 3 is 2.07 bits per heavy atom. The van der Waals surface area contributed by atoms with Gasteiger partial charge in [-0.2, -0.15) is 4.73 Å². The number of nitrogens with zero attached hydrogens (tertiary/aromatic N) is 1. The third-order valence-electron chi connectivity index (χ3n) is 6.19. The molecule has 0 spiro atoms. The molecule has 2 aromatic carbocycles. The number of hydrogen-bond donors (Lipinski definition) is 0. The molecule has 0 bridgehead atoms. The van der Waals surface area contributed by atoms with Crippen LogP contribution in [-0.2, 0) is 17.3 Å². The van der Waals surface area contributed by atoms with Gasteiger partial charge in [0.1, 0.15) is 0 Å². The van der Waals surface area contributed by atoms with E-state index in [0.717, 1.165) is 23.1 Å². The van der Waals surface area contributed by atoms with Gasteiger partial charge < -0.3 is 9.63 Å². The van der Waals surface area contributed by atoms with Crippen LogP contribution < -0.4 is 15.1 Å². The van der Waals surface area contributed by atoms with Gasteiger partial charge in [-0.1, -0.05) is 81.4 Å². The molecule has 156 valence electrons. The zero-order valence-corrected chi connectivity index (χ0v) is 19.5. The summed E-state index contributed by atoms with van der Waals surface area (Å²) >= 11 is 6.28. The maximum Gasteiger partial charge on any atom is 0.289 e. The highest BCUT2D eigenvalue weighted by molar-refractivity contribution is 6.99. The average molecular weight is 438 g/mol. The maximum absolute atomic E-state index is 11.9. The van der Waals surface area contributed by atoms with E-state index < -0.39 is 8.32 Å². The minimum atomic E-state index is -2.54. The minimum absolute atomic E-state index is 0.0448. The van der Waals surface area contributed by atoms with Gasteiger partial charge in [-0.3, -0.25) is 0 Å². The Labute approximate surface area is 185 Å². The first-order valence-corrected chi connectivity index (χ1v) is 12.8. The van der Waals surface area contributed by atoms with Crippen LogP contribution >= 0.6 is 11.6 Å². The van der Waals surface area contributed by atoms with Crippen molar-refractivity contribution in [2.24, 2.45) is 5.92 Å². The molecule has 0 amide bonds. The van der Waals surface area contributed by atoms with Crippen LogP contribution in [0.3, 0.4) is 0 Å². The molecule has 0 fully saturated rings. The third kappa shape index (κ3) is 3.68. The highest BCUT2D eigenvalue weighted by Gasteiger charge is 2.50. The molecule has 1 atom stereocenters. The van der Waals surface area contributed by atoms with Crippen LogP contribution in [0.4, 0.5) is 0 Å². The van der Waals surface area contributed by atoms with Gasteiger partial charge in [0, 0.05) is 18.2 Å². The largest absolute Gasteiger partial charge is 0.618 e. The van der Waals surface area contributed by atoms with Gasteiger partial charge in [0.25, 0.3) is 13.5 Å². The zero-order chi connectivity index (χ0) is 21.4. The summed E-state index contributed by atoms with van der Waals surface area (Å²) in [6.07, 6.45) is 3.19. The molecule has 5 heteroatoms. The Bertz CT molecular complexity index is 979. The molecule has 1 aliphatic carbocycles. The summed E-state index contributed by atoms with van der Waals surface area (Å²) in [4.78, 5) is 0. The number of rotatable bonds is 5. The number of hydrogen-bond acceptors (Lipinski definition) is 2. The van der Waals surface area contributed by atoms with Crippen molar-refractivity contribution in [1.82, 2.24) is 0 Å². The van der Waals surface area contributed by atoms with Crippen LogP contribution in [0.5, 0.6) is 0 Å². The van der Waals surface area contributed by atoms with Gasteiger partial charge in [0.2, 0.25) is 0 Å². The van der Waals surface area contributed by atoms with E-state index in [0.29, 0.717) is 17.7 Å². The maximum atomic E-state index is 11.9. The molecule has 1 heterocycles. The fraction of sp³-hybridized carbons (Fsp3) is 0.320. The molecule has 0 N–H and O–H groups in total. The summed E-state index contributed by atoms with van der Waals surface area (Å²) in [5, 5.41) is 14.7. The van der Waals surface area contributed by atoms with Gasteiger partial charge >= 0.3 is 0 Å². The predicted octanol–water partition coefficient (Wildman–Crippen LogP) is 4.26. The Morgan fingerprint density at radius 2 is 1.53 bits per heavy atom. The molecule has 0 saturated heterocycles. The zero-order valence-electron chi connectivity index (χ0n) is 17.8. The van der Waals surface area contributed by atoms with Crippen molar-refractivity contribution < 1.29 is 9.16 Å². The lowest BCUT2D eigenvalue weighted by atomic mass is 10.1. The van der Waals surface area contributed by atoms with E-state index in [4.69, 9.17) is 16.0 Å². The summed E-state index contributed by atoms with van der Waals surface area (Å²) in [6, 6.07) is 23.3. The third-order valence-corrected chi connectivity index (χ3v) is 11.6. The average Bonchev–Trinajstić information content (AvgIpc) is 3.16. The van der Waals surface area contributed by atoms with Crippen molar-refractivity contribution in [3.05, 3.63) is 94.4 Å². The summed E-state index contributed by atoms with van der Waals surface area (Å²) in [7, 11) is -2.54. The van der Waals surface area contributed by atoms with Crippen molar-refractivity contribution in [3.63, 3.8) is 0 Å². The molecule has 0 saturated carbocycles. The molecule has 1 unspecified atom stereocenters. The topological polar surface area (TPSA) is 36.2 Å². The molecule has 1 aliphatic rings. The Kier molecular flexibility index (Phi) is 5.75. The van der Waals surface area contributed by atoms with Gasteiger partial charge in [-0.25, -0.2) is 0 Å². The van der Waals surface area contributed by atoms with Crippen molar-refractivity contribution in [2.75, 3.05) is 6.61 Å². The summed E-state index contributed by atoms with van der Waals surface area (Å²) in [6.45, 7) is 7.52. The first kappa shape index (κ1) is 21.1. The Morgan fingerprint density at radius 1 is 0.967 bits per heavy atom. The minimum Gasteiger partial charge on any atom is -0.618 e. The van der Waals surface area contributed by atoms with Crippen molar-refractivity contribution in [1.29, 1.82) is 0 Å². The second kappa shape index (κ2) is 8.18. The first-order valence-electron chi connectivity index (χ1n) is 10.5. The standard InChI is InChI=1S/C25H28ClNO2Si/c1-25(2,3)30(21-10-6-4-7-11-21,22-12-8-5-9-13-22)29-18-19-16-20-14-15-27(28)24(26)23(20)17-19/h4-15,19H,16-18H2,1-3H3. The Balaban J connectivity index is 1.69. The fourth-order valence-electron chi connectivity index (χ4n) is 4.79. The number of aromatic nitrogens is 1. The molecular weight excluding hydrogens is 410 g/mol. The summed E-state index contributed by atoms with van der Waals surface area (Å²) in [5.41, 5.74) is 2.15.